The second-order valence-electron chi connectivity index (χ2n) is 5.61. The Morgan fingerprint density at radius 3 is 2.48 bits per heavy atom. The Balaban J connectivity index is 1.94. The number of carbonyl (C=O) groups excluding carboxylic acids is 1. The van der Waals surface area contributed by atoms with E-state index in [1.54, 1.807) is 6.07 Å². The Hall–Kier alpha value is -1.75. The zero-order valence-corrected chi connectivity index (χ0v) is 12.3. The molecule has 0 atom stereocenters. The van der Waals surface area contributed by atoms with Gasteiger partial charge in [0.2, 0.25) is 5.91 Å². The fourth-order valence-corrected chi connectivity index (χ4v) is 2.84. The number of nitrogens with one attached hydrogen (secondary N) is 1. The van der Waals surface area contributed by atoms with Crippen LogP contribution in [-0.2, 0) is 4.79 Å². The topological polar surface area (TPSA) is 69.6 Å². The van der Waals surface area contributed by atoms with Crippen LogP contribution in [0.4, 0.5) is 11.4 Å². The molecule has 1 amide bonds. The SMILES string of the molecule is O=C(O)c1cc(Cl)c(NC(=O)C2CC2)cc1N1CCCC1. The Morgan fingerprint density at radius 1 is 1.24 bits per heavy atom. The molecular weight excluding hydrogens is 292 g/mol. The average Bonchev–Trinajstić information content (AvgIpc) is 3.16. The Kier molecular flexibility index (Phi) is 3.76. The molecule has 1 saturated heterocycles. The van der Waals surface area contributed by atoms with Gasteiger partial charge in [0.25, 0.3) is 0 Å². The molecule has 6 heteroatoms. The predicted molar refractivity (Wildman–Crippen MR) is 81.2 cm³/mol. The maximum Gasteiger partial charge on any atom is 0.337 e. The van der Waals surface area contributed by atoms with Crippen LogP contribution in [0.1, 0.15) is 36.0 Å². The Morgan fingerprint density at radius 2 is 1.90 bits per heavy atom. The van der Waals surface area contributed by atoms with Crippen molar-refractivity contribution >= 4 is 34.9 Å². The molecule has 2 N–H and O–H groups in total. The van der Waals surface area contributed by atoms with Crippen molar-refractivity contribution in [2.45, 2.75) is 25.7 Å². The van der Waals surface area contributed by atoms with E-state index in [-0.39, 0.29) is 22.4 Å². The highest BCUT2D eigenvalue weighted by Crippen LogP contribution is 2.36. The van der Waals surface area contributed by atoms with Gasteiger partial charge in [0.1, 0.15) is 0 Å². The molecule has 2 aliphatic rings. The smallest absolute Gasteiger partial charge is 0.337 e. The highest BCUT2D eigenvalue weighted by Gasteiger charge is 2.30. The van der Waals surface area contributed by atoms with E-state index in [9.17, 15) is 14.7 Å². The van der Waals surface area contributed by atoms with E-state index in [1.165, 1.54) is 6.07 Å². The number of anilines is 2. The third-order valence-corrected chi connectivity index (χ3v) is 4.28. The summed E-state index contributed by atoms with van der Waals surface area (Å²) in [5, 5.41) is 12.4. The van der Waals surface area contributed by atoms with Gasteiger partial charge in [0, 0.05) is 19.0 Å². The molecule has 1 heterocycles. The summed E-state index contributed by atoms with van der Waals surface area (Å²) in [6.07, 6.45) is 3.92. The first kappa shape index (κ1) is 14.2. The lowest BCUT2D eigenvalue weighted by atomic mass is 10.1. The standard InChI is InChI=1S/C15H17ClN2O3/c16-11-7-10(15(20)21)13(18-5-1-2-6-18)8-12(11)17-14(19)9-3-4-9/h7-9H,1-6H2,(H,17,19)(H,20,21). The molecule has 1 aromatic carbocycles. The molecule has 0 unspecified atom stereocenters. The third kappa shape index (κ3) is 2.97. The maximum atomic E-state index is 11.9. The second kappa shape index (κ2) is 5.56. The van der Waals surface area contributed by atoms with Gasteiger partial charge in [0.15, 0.2) is 0 Å². The summed E-state index contributed by atoms with van der Waals surface area (Å²) in [5.41, 5.74) is 1.32. The number of carboxylic acids is 1. The quantitative estimate of drug-likeness (QED) is 0.897. The molecule has 0 radical (unpaired) electrons. The summed E-state index contributed by atoms with van der Waals surface area (Å²) in [6, 6.07) is 3.12. The predicted octanol–water partition coefficient (Wildman–Crippen LogP) is 2.99. The van der Waals surface area contributed by atoms with Crippen LogP contribution in [0, 0.1) is 5.92 Å². The van der Waals surface area contributed by atoms with Crippen molar-refractivity contribution < 1.29 is 14.7 Å². The van der Waals surface area contributed by atoms with Crippen molar-refractivity contribution in [2.24, 2.45) is 5.92 Å². The summed E-state index contributed by atoms with van der Waals surface area (Å²) in [7, 11) is 0. The van der Waals surface area contributed by atoms with Crippen LogP contribution in [0.2, 0.25) is 5.02 Å². The Bertz CT molecular complexity index is 593. The summed E-state index contributed by atoms with van der Waals surface area (Å²) < 4.78 is 0. The van der Waals surface area contributed by atoms with Crippen molar-refractivity contribution in [3.05, 3.63) is 22.7 Å². The van der Waals surface area contributed by atoms with Crippen molar-refractivity contribution in [3.8, 4) is 0 Å². The van der Waals surface area contributed by atoms with Gasteiger partial charge in [-0.3, -0.25) is 4.79 Å². The van der Waals surface area contributed by atoms with E-state index >= 15 is 0 Å². The minimum absolute atomic E-state index is 0.0349. The molecule has 1 aliphatic carbocycles. The fourth-order valence-electron chi connectivity index (χ4n) is 2.63. The number of carbonyl (C=O) groups is 2. The van der Waals surface area contributed by atoms with Gasteiger partial charge in [-0.1, -0.05) is 11.6 Å². The largest absolute Gasteiger partial charge is 0.478 e. The van der Waals surface area contributed by atoms with Gasteiger partial charge in [-0.15, -0.1) is 0 Å². The summed E-state index contributed by atoms with van der Waals surface area (Å²) in [4.78, 5) is 25.3. The first-order chi connectivity index (χ1) is 10.1. The van der Waals surface area contributed by atoms with Crippen LogP contribution in [0.25, 0.3) is 0 Å². The molecule has 1 saturated carbocycles. The van der Waals surface area contributed by atoms with Crippen molar-refractivity contribution in [2.75, 3.05) is 23.3 Å². The number of nitrogens with zero attached hydrogens (tertiary/aromatic N) is 1. The molecule has 0 spiro atoms. The number of carboxylic acid groups (broad SMARTS) is 1. The number of aromatic carboxylic acids is 1. The highest BCUT2D eigenvalue weighted by molar-refractivity contribution is 6.34. The number of rotatable bonds is 4. The summed E-state index contributed by atoms with van der Waals surface area (Å²) >= 11 is 6.12. The first-order valence-electron chi connectivity index (χ1n) is 7.19. The zero-order valence-electron chi connectivity index (χ0n) is 11.6. The van der Waals surface area contributed by atoms with Gasteiger partial charge >= 0.3 is 5.97 Å². The van der Waals surface area contributed by atoms with Gasteiger partial charge in [-0.25, -0.2) is 4.79 Å². The number of hydrogen-bond acceptors (Lipinski definition) is 3. The van der Waals surface area contributed by atoms with Crippen molar-refractivity contribution in [1.29, 1.82) is 0 Å². The molecule has 5 nitrogen and oxygen atoms in total. The summed E-state index contributed by atoms with van der Waals surface area (Å²) in [5.74, 6) is -0.957. The maximum absolute atomic E-state index is 11.9. The Labute approximate surface area is 127 Å². The van der Waals surface area contributed by atoms with E-state index in [1.807, 2.05) is 4.90 Å². The summed E-state index contributed by atoms with van der Waals surface area (Å²) in [6.45, 7) is 1.66. The third-order valence-electron chi connectivity index (χ3n) is 3.97. The molecule has 3 rings (SSSR count). The van der Waals surface area contributed by atoms with Gasteiger partial charge < -0.3 is 15.3 Å². The minimum Gasteiger partial charge on any atom is -0.478 e. The molecule has 0 aromatic heterocycles. The molecule has 2 fully saturated rings. The van der Waals surface area contributed by atoms with E-state index < -0.39 is 5.97 Å². The minimum atomic E-state index is -1.00. The highest BCUT2D eigenvalue weighted by atomic mass is 35.5. The molecule has 21 heavy (non-hydrogen) atoms. The lowest BCUT2D eigenvalue weighted by Crippen LogP contribution is -2.21. The average molecular weight is 309 g/mol. The van der Waals surface area contributed by atoms with E-state index in [4.69, 9.17) is 11.6 Å². The van der Waals surface area contributed by atoms with Gasteiger partial charge in [-0.05, 0) is 37.8 Å². The molecule has 0 bridgehead atoms. The zero-order chi connectivity index (χ0) is 15.0. The van der Waals surface area contributed by atoms with E-state index in [2.05, 4.69) is 5.32 Å². The number of halogens is 1. The number of amides is 1. The lowest BCUT2D eigenvalue weighted by molar-refractivity contribution is -0.117. The van der Waals surface area contributed by atoms with Crippen LogP contribution in [0.5, 0.6) is 0 Å². The molecular formula is C15H17ClN2O3. The number of benzene rings is 1. The monoisotopic (exact) mass is 308 g/mol. The second-order valence-corrected chi connectivity index (χ2v) is 6.02. The van der Waals surface area contributed by atoms with Gasteiger partial charge in [0.05, 0.1) is 22.0 Å². The molecule has 1 aromatic rings. The van der Waals surface area contributed by atoms with Crippen LogP contribution in [-0.4, -0.2) is 30.1 Å². The van der Waals surface area contributed by atoms with Crippen LogP contribution in [0.15, 0.2) is 12.1 Å². The first-order valence-corrected chi connectivity index (χ1v) is 7.56. The fraction of sp³-hybridized carbons (Fsp3) is 0.467. The van der Waals surface area contributed by atoms with E-state index in [0.717, 1.165) is 38.8 Å². The normalized spacial score (nSPS) is 17.9. The molecule has 112 valence electrons. The van der Waals surface area contributed by atoms with Crippen LogP contribution >= 0.6 is 11.6 Å². The van der Waals surface area contributed by atoms with Crippen LogP contribution in [0.3, 0.4) is 0 Å². The lowest BCUT2D eigenvalue weighted by Gasteiger charge is -2.21. The van der Waals surface area contributed by atoms with Crippen LogP contribution < -0.4 is 10.2 Å². The van der Waals surface area contributed by atoms with Crippen molar-refractivity contribution in [3.63, 3.8) is 0 Å². The number of hydrogen-bond donors (Lipinski definition) is 2. The van der Waals surface area contributed by atoms with Crippen molar-refractivity contribution in [1.82, 2.24) is 0 Å². The van der Waals surface area contributed by atoms with E-state index in [0.29, 0.717) is 11.4 Å². The van der Waals surface area contributed by atoms with Gasteiger partial charge in [-0.2, -0.15) is 0 Å². The molecule has 1 aliphatic heterocycles.